The van der Waals surface area contributed by atoms with Crippen molar-refractivity contribution in [2.45, 2.75) is 19.4 Å². The van der Waals surface area contributed by atoms with Crippen molar-refractivity contribution in [3.8, 4) is 5.75 Å². The van der Waals surface area contributed by atoms with Crippen LogP contribution < -0.4 is 9.04 Å². The molecule has 1 saturated heterocycles. The Morgan fingerprint density at radius 1 is 1.28 bits per heavy atom. The molecule has 1 atom stereocenters. The van der Waals surface area contributed by atoms with Gasteiger partial charge in [-0.2, -0.15) is 0 Å². The van der Waals surface area contributed by atoms with Crippen molar-refractivity contribution < 1.29 is 17.9 Å². The molecule has 0 radical (unpaired) electrons. The third-order valence-electron chi connectivity index (χ3n) is 4.43. The van der Waals surface area contributed by atoms with Crippen LogP contribution in [0.3, 0.4) is 0 Å². The molecule has 0 bridgehead atoms. The average molecular weight is 369 g/mol. The zero-order valence-electron chi connectivity index (χ0n) is 15.3. The van der Waals surface area contributed by atoms with E-state index >= 15 is 0 Å². The van der Waals surface area contributed by atoms with E-state index in [0.29, 0.717) is 30.9 Å². The average Bonchev–Trinajstić information content (AvgIpc) is 2.58. The normalized spacial score (nSPS) is 17.2. The summed E-state index contributed by atoms with van der Waals surface area (Å²) in [5.41, 5.74) is 0.441. The lowest BCUT2D eigenvalue weighted by Gasteiger charge is -2.37. The van der Waals surface area contributed by atoms with Crippen molar-refractivity contribution >= 4 is 21.6 Å². The van der Waals surface area contributed by atoms with Gasteiger partial charge in [0.1, 0.15) is 11.8 Å². The number of anilines is 1. The Morgan fingerprint density at radius 3 is 2.44 bits per heavy atom. The first-order valence-electron chi connectivity index (χ1n) is 8.38. The number of amides is 1. The molecule has 1 aliphatic heterocycles. The van der Waals surface area contributed by atoms with Crippen LogP contribution in [0, 0.1) is 0 Å². The maximum absolute atomic E-state index is 13.0. The Morgan fingerprint density at radius 2 is 1.92 bits per heavy atom. The van der Waals surface area contributed by atoms with Crippen molar-refractivity contribution in [1.82, 2.24) is 9.80 Å². The van der Waals surface area contributed by atoms with E-state index < -0.39 is 16.1 Å². The highest BCUT2D eigenvalue weighted by Gasteiger charge is 2.35. The molecular formula is C17H27N3O4S. The second-order valence-electron chi connectivity index (χ2n) is 6.31. The fourth-order valence-electron chi connectivity index (χ4n) is 3.03. The lowest BCUT2D eigenvalue weighted by Crippen LogP contribution is -2.55. The molecule has 1 aromatic carbocycles. The quantitative estimate of drug-likeness (QED) is 0.749. The number of sulfonamides is 1. The molecule has 1 heterocycles. The van der Waals surface area contributed by atoms with Crippen molar-refractivity contribution in [3.05, 3.63) is 24.3 Å². The van der Waals surface area contributed by atoms with Gasteiger partial charge in [-0.05, 0) is 25.6 Å². The number of ether oxygens (including phenoxy) is 1. The van der Waals surface area contributed by atoms with Gasteiger partial charge in [0.15, 0.2) is 0 Å². The van der Waals surface area contributed by atoms with Crippen LogP contribution in [0.25, 0.3) is 0 Å². The Bertz CT molecular complexity index is 700. The van der Waals surface area contributed by atoms with Crippen molar-refractivity contribution in [3.63, 3.8) is 0 Å². The molecule has 1 fully saturated rings. The molecule has 1 amide bonds. The maximum atomic E-state index is 13.0. The lowest BCUT2D eigenvalue weighted by atomic mass is 10.1. The van der Waals surface area contributed by atoms with E-state index in [-0.39, 0.29) is 5.91 Å². The Labute approximate surface area is 150 Å². The summed E-state index contributed by atoms with van der Waals surface area (Å²) in [6.07, 6.45) is 1.53. The summed E-state index contributed by atoms with van der Waals surface area (Å²) in [6, 6.07) is 6.03. The van der Waals surface area contributed by atoms with E-state index in [4.69, 9.17) is 4.74 Å². The van der Waals surface area contributed by atoms with Crippen LogP contribution in [-0.4, -0.2) is 76.8 Å². The zero-order chi connectivity index (χ0) is 18.6. The number of hydrogen-bond donors (Lipinski definition) is 0. The van der Waals surface area contributed by atoms with Crippen molar-refractivity contribution in [2.75, 3.05) is 50.9 Å². The van der Waals surface area contributed by atoms with Gasteiger partial charge in [-0.3, -0.25) is 9.10 Å². The van der Waals surface area contributed by atoms with Gasteiger partial charge in [0.25, 0.3) is 0 Å². The summed E-state index contributed by atoms with van der Waals surface area (Å²) in [4.78, 5) is 16.9. The number of methoxy groups -OCH3 is 1. The number of rotatable bonds is 6. The number of likely N-dealkylation sites (N-methyl/N-ethyl adjacent to an activating group) is 1. The maximum Gasteiger partial charge on any atom is 0.246 e. The highest BCUT2D eigenvalue weighted by molar-refractivity contribution is 7.92. The molecule has 0 saturated carbocycles. The van der Waals surface area contributed by atoms with Crippen LogP contribution in [0.4, 0.5) is 5.69 Å². The molecule has 1 aromatic rings. The third-order valence-corrected chi connectivity index (χ3v) is 5.61. The van der Waals surface area contributed by atoms with E-state index in [1.807, 2.05) is 14.0 Å². The molecule has 2 rings (SSSR count). The minimum absolute atomic E-state index is 0.149. The zero-order valence-corrected chi connectivity index (χ0v) is 16.1. The molecule has 1 unspecified atom stereocenters. The van der Waals surface area contributed by atoms with Gasteiger partial charge in [-0.25, -0.2) is 8.42 Å². The van der Waals surface area contributed by atoms with Gasteiger partial charge < -0.3 is 14.5 Å². The number of hydrogen-bond acceptors (Lipinski definition) is 5. The van der Waals surface area contributed by atoms with Crippen molar-refractivity contribution in [1.29, 1.82) is 0 Å². The van der Waals surface area contributed by atoms with Gasteiger partial charge in [0.05, 0.1) is 19.1 Å². The predicted octanol–water partition coefficient (Wildman–Crippen LogP) is 1.01. The van der Waals surface area contributed by atoms with Gasteiger partial charge in [-0.1, -0.05) is 13.0 Å². The minimum atomic E-state index is -3.63. The highest BCUT2D eigenvalue weighted by atomic mass is 32.2. The van der Waals surface area contributed by atoms with Crippen LogP contribution in [0.2, 0.25) is 0 Å². The molecule has 0 aromatic heterocycles. The Kier molecular flexibility index (Phi) is 6.29. The fourth-order valence-corrected chi connectivity index (χ4v) is 4.23. The molecule has 8 heteroatoms. The summed E-state index contributed by atoms with van der Waals surface area (Å²) in [5, 5.41) is 0. The molecule has 0 spiro atoms. The fraction of sp³-hybridized carbons (Fsp3) is 0.588. The first-order chi connectivity index (χ1) is 11.8. The molecule has 0 aliphatic carbocycles. The Hall–Kier alpha value is -1.80. The number of carbonyl (C=O) groups excluding carboxylic acids is 1. The monoisotopic (exact) mass is 369 g/mol. The van der Waals surface area contributed by atoms with E-state index in [1.54, 1.807) is 29.2 Å². The smallest absolute Gasteiger partial charge is 0.246 e. The van der Waals surface area contributed by atoms with Crippen LogP contribution in [-0.2, 0) is 14.8 Å². The van der Waals surface area contributed by atoms with Crippen LogP contribution in [0.5, 0.6) is 5.75 Å². The second kappa shape index (κ2) is 8.05. The topological polar surface area (TPSA) is 70.2 Å². The predicted molar refractivity (Wildman–Crippen MR) is 98.5 cm³/mol. The summed E-state index contributed by atoms with van der Waals surface area (Å²) in [5.74, 6) is 0.400. The van der Waals surface area contributed by atoms with Gasteiger partial charge >= 0.3 is 0 Å². The highest BCUT2D eigenvalue weighted by Crippen LogP contribution is 2.27. The second-order valence-corrected chi connectivity index (χ2v) is 8.17. The van der Waals surface area contributed by atoms with Crippen LogP contribution >= 0.6 is 0 Å². The van der Waals surface area contributed by atoms with E-state index in [1.165, 1.54) is 11.4 Å². The number of benzene rings is 1. The molecule has 25 heavy (non-hydrogen) atoms. The largest absolute Gasteiger partial charge is 0.497 e. The van der Waals surface area contributed by atoms with E-state index in [9.17, 15) is 13.2 Å². The number of piperazine rings is 1. The summed E-state index contributed by atoms with van der Waals surface area (Å²) in [7, 11) is -0.0924. The summed E-state index contributed by atoms with van der Waals surface area (Å²) < 4.78 is 31.4. The first kappa shape index (κ1) is 19.5. The van der Waals surface area contributed by atoms with E-state index in [2.05, 4.69) is 4.90 Å². The summed E-state index contributed by atoms with van der Waals surface area (Å²) in [6.45, 7) is 4.64. The van der Waals surface area contributed by atoms with Crippen LogP contribution in [0.1, 0.15) is 13.3 Å². The van der Waals surface area contributed by atoms with Gasteiger partial charge in [0, 0.05) is 32.2 Å². The van der Waals surface area contributed by atoms with Crippen molar-refractivity contribution in [2.24, 2.45) is 0 Å². The molecular weight excluding hydrogens is 342 g/mol. The van der Waals surface area contributed by atoms with E-state index in [0.717, 1.165) is 19.3 Å². The number of nitrogens with zero attached hydrogens (tertiary/aromatic N) is 3. The van der Waals surface area contributed by atoms with Crippen LogP contribution in [0.15, 0.2) is 24.3 Å². The molecule has 1 aliphatic rings. The lowest BCUT2D eigenvalue weighted by molar-refractivity contribution is -0.134. The third kappa shape index (κ3) is 4.64. The van der Waals surface area contributed by atoms with Gasteiger partial charge in [0.2, 0.25) is 15.9 Å². The number of carbonyl (C=O) groups is 1. The standard InChI is InChI=1S/C17H27N3O4S/c1-5-16(17(21)19-11-9-18(2)10-12-19)20(25(4,22)23)14-7-6-8-15(13-14)24-3/h6-8,13,16H,5,9-12H2,1-4H3. The Balaban J connectivity index is 2.35. The molecule has 7 nitrogen and oxygen atoms in total. The molecule has 0 N–H and O–H groups in total. The summed E-state index contributed by atoms with van der Waals surface area (Å²) >= 11 is 0. The first-order valence-corrected chi connectivity index (χ1v) is 10.2. The minimum Gasteiger partial charge on any atom is -0.497 e. The van der Waals surface area contributed by atoms with Gasteiger partial charge in [-0.15, -0.1) is 0 Å². The SMILES string of the molecule is CCC(C(=O)N1CCN(C)CC1)N(c1cccc(OC)c1)S(C)(=O)=O. The molecule has 140 valence electrons.